The van der Waals surface area contributed by atoms with Crippen LogP contribution in [0.4, 0.5) is 0 Å². The maximum absolute atomic E-state index is 12.3. The van der Waals surface area contributed by atoms with Crippen LogP contribution < -0.4 is 4.74 Å². The molecule has 0 bridgehead atoms. The molecular weight excluding hydrogens is 342 g/mol. The van der Waals surface area contributed by atoms with Gasteiger partial charge in [0.25, 0.3) is 0 Å². The first-order valence-corrected chi connectivity index (χ1v) is 9.03. The summed E-state index contributed by atoms with van der Waals surface area (Å²) in [6.07, 6.45) is 5.43. The largest absolute Gasteiger partial charge is 0.496 e. The fraction of sp³-hybridized carbons (Fsp3) is 0.211. The lowest BCUT2D eigenvalue weighted by Gasteiger charge is -2.17. The highest BCUT2D eigenvalue weighted by atomic mass is 35.5. The lowest BCUT2D eigenvalue weighted by Crippen LogP contribution is -2.24. The van der Waals surface area contributed by atoms with Gasteiger partial charge >= 0.3 is 0 Å². The molecule has 2 aromatic rings. The Hall–Kier alpha value is -1.91. The number of rotatable bonds is 6. The van der Waals surface area contributed by atoms with E-state index < -0.39 is 0 Å². The normalized spacial score (nSPS) is 10.8. The molecule has 0 heterocycles. The second-order valence-corrected chi connectivity index (χ2v) is 6.57. The summed E-state index contributed by atoms with van der Waals surface area (Å²) in [6, 6.07) is 13.5. The van der Waals surface area contributed by atoms with Gasteiger partial charge in [-0.2, -0.15) is 0 Å². The molecule has 0 saturated carbocycles. The lowest BCUT2D eigenvalue weighted by atomic mass is 10.2. The van der Waals surface area contributed by atoms with E-state index >= 15 is 0 Å². The molecule has 0 fully saturated rings. The molecular formula is C19H20ClNO2S. The minimum atomic E-state index is -0.0778. The third-order valence-corrected chi connectivity index (χ3v) is 4.54. The van der Waals surface area contributed by atoms with Crippen LogP contribution in [0.5, 0.6) is 5.75 Å². The minimum Gasteiger partial charge on any atom is -0.496 e. The molecule has 5 heteroatoms. The van der Waals surface area contributed by atoms with E-state index in [1.165, 1.54) is 4.90 Å². The molecule has 0 N–H and O–H groups in total. The number of amides is 1. The highest BCUT2D eigenvalue weighted by Gasteiger charge is 2.10. The van der Waals surface area contributed by atoms with Gasteiger partial charge in [0.05, 0.1) is 7.11 Å². The van der Waals surface area contributed by atoms with Crippen LogP contribution in [0.25, 0.3) is 6.08 Å². The second kappa shape index (κ2) is 8.81. The first-order valence-electron chi connectivity index (χ1n) is 7.43. The molecule has 126 valence electrons. The van der Waals surface area contributed by atoms with Gasteiger partial charge in [0.15, 0.2) is 0 Å². The zero-order valence-corrected chi connectivity index (χ0v) is 15.5. The Kier molecular flexibility index (Phi) is 6.76. The van der Waals surface area contributed by atoms with Gasteiger partial charge < -0.3 is 9.64 Å². The number of carbonyl (C=O) groups is 1. The third-order valence-electron chi connectivity index (χ3n) is 3.56. The average molecular weight is 362 g/mol. The van der Waals surface area contributed by atoms with E-state index in [-0.39, 0.29) is 5.91 Å². The van der Waals surface area contributed by atoms with Gasteiger partial charge in [-0.05, 0) is 48.2 Å². The summed E-state index contributed by atoms with van der Waals surface area (Å²) in [5.41, 5.74) is 1.87. The van der Waals surface area contributed by atoms with Gasteiger partial charge in [-0.1, -0.05) is 23.7 Å². The zero-order valence-electron chi connectivity index (χ0n) is 14.0. The molecule has 0 aliphatic heterocycles. The monoisotopic (exact) mass is 361 g/mol. The number of benzene rings is 2. The van der Waals surface area contributed by atoms with Crippen molar-refractivity contribution in [2.45, 2.75) is 11.4 Å². The lowest BCUT2D eigenvalue weighted by molar-refractivity contribution is -0.125. The standard InChI is InChI=1S/C19H20ClNO2S/c1-21(13-15-12-16(20)7-10-18(15)23-2)19(22)11-6-14-4-8-17(24-3)9-5-14/h4-12H,13H2,1-3H3/b11-6+. The van der Waals surface area contributed by atoms with Crippen LogP contribution in [0, 0.1) is 0 Å². The average Bonchev–Trinajstić information content (AvgIpc) is 2.60. The Labute approximate surface area is 152 Å². The van der Waals surface area contributed by atoms with Crippen LogP contribution in [0.2, 0.25) is 5.02 Å². The van der Waals surface area contributed by atoms with E-state index in [9.17, 15) is 4.79 Å². The van der Waals surface area contributed by atoms with Crippen molar-refractivity contribution in [3.63, 3.8) is 0 Å². The van der Waals surface area contributed by atoms with Crippen LogP contribution >= 0.6 is 23.4 Å². The van der Waals surface area contributed by atoms with Gasteiger partial charge in [-0.3, -0.25) is 4.79 Å². The SMILES string of the molecule is COc1ccc(Cl)cc1CN(C)C(=O)/C=C/c1ccc(SC)cc1. The Balaban J connectivity index is 2.03. The van der Waals surface area contributed by atoms with E-state index in [0.29, 0.717) is 11.6 Å². The molecule has 3 nitrogen and oxygen atoms in total. The summed E-state index contributed by atoms with van der Waals surface area (Å²) in [6.45, 7) is 0.429. The Morgan fingerprint density at radius 2 is 1.96 bits per heavy atom. The van der Waals surface area contributed by atoms with Crippen molar-refractivity contribution in [2.75, 3.05) is 20.4 Å². The molecule has 0 atom stereocenters. The topological polar surface area (TPSA) is 29.5 Å². The van der Waals surface area contributed by atoms with Crippen LogP contribution in [-0.2, 0) is 11.3 Å². The summed E-state index contributed by atoms with van der Waals surface area (Å²) < 4.78 is 5.32. The van der Waals surface area contributed by atoms with E-state index in [1.54, 1.807) is 49.0 Å². The first kappa shape index (κ1) is 18.4. The van der Waals surface area contributed by atoms with Crippen molar-refractivity contribution in [1.29, 1.82) is 0 Å². The van der Waals surface area contributed by atoms with Crippen molar-refractivity contribution in [3.8, 4) is 5.75 Å². The van der Waals surface area contributed by atoms with Gasteiger partial charge in [0, 0.05) is 35.2 Å². The number of halogens is 1. The Bertz CT molecular complexity index is 729. The van der Waals surface area contributed by atoms with E-state index in [4.69, 9.17) is 16.3 Å². The number of carbonyl (C=O) groups excluding carboxylic acids is 1. The molecule has 0 spiro atoms. The maximum Gasteiger partial charge on any atom is 0.246 e. The van der Waals surface area contributed by atoms with Gasteiger partial charge in [-0.25, -0.2) is 0 Å². The molecule has 0 aromatic heterocycles. The second-order valence-electron chi connectivity index (χ2n) is 5.26. The number of nitrogens with zero attached hydrogens (tertiary/aromatic N) is 1. The van der Waals surface area contributed by atoms with E-state index in [1.807, 2.05) is 42.7 Å². The number of hydrogen-bond donors (Lipinski definition) is 0. The number of methoxy groups -OCH3 is 1. The highest BCUT2D eigenvalue weighted by Crippen LogP contribution is 2.24. The summed E-state index contributed by atoms with van der Waals surface area (Å²) in [5, 5.41) is 0.621. The minimum absolute atomic E-state index is 0.0778. The molecule has 0 aliphatic rings. The summed E-state index contributed by atoms with van der Waals surface area (Å²) in [4.78, 5) is 15.1. The van der Waals surface area contributed by atoms with Crippen LogP contribution in [0.1, 0.15) is 11.1 Å². The number of likely N-dealkylation sites (N-methyl/N-ethyl adjacent to an activating group) is 1. The Morgan fingerprint density at radius 3 is 2.58 bits per heavy atom. The van der Waals surface area contributed by atoms with E-state index in [2.05, 4.69) is 0 Å². The molecule has 0 saturated heterocycles. The van der Waals surface area contributed by atoms with Crippen molar-refractivity contribution in [3.05, 3.63) is 64.7 Å². The highest BCUT2D eigenvalue weighted by molar-refractivity contribution is 7.98. The van der Waals surface area contributed by atoms with Gasteiger partial charge in [-0.15, -0.1) is 11.8 Å². The molecule has 0 unspecified atom stereocenters. The van der Waals surface area contributed by atoms with Crippen molar-refractivity contribution < 1.29 is 9.53 Å². The molecule has 24 heavy (non-hydrogen) atoms. The summed E-state index contributed by atoms with van der Waals surface area (Å²) in [7, 11) is 3.36. The van der Waals surface area contributed by atoms with Crippen LogP contribution in [0.3, 0.4) is 0 Å². The molecule has 0 aliphatic carbocycles. The van der Waals surface area contributed by atoms with E-state index in [0.717, 1.165) is 16.9 Å². The number of hydrogen-bond acceptors (Lipinski definition) is 3. The van der Waals surface area contributed by atoms with Gasteiger partial charge in [0.2, 0.25) is 5.91 Å². The molecule has 0 radical (unpaired) electrons. The molecule has 2 rings (SSSR count). The Morgan fingerprint density at radius 1 is 1.25 bits per heavy atom. The summed E-state index contributed by atoms with van der Waals surface area (Å²) in [5.74, 6) is 0.640. The smallest absolute Gasteiger partial charge is 0.246 e. The van der Waals surface area contributed by atoms with Crippen molar-refractivity contribution in [2.24, 2.45) is 0 Å². The quantitative estimate of drug-likeness (QED) is 0.549. The van der Waals surface area contributed by atoms with Crippen LogP contribution in [-0.4, -0.2) is 31.2 Å². The number of thioether (sulfide) groups is 1. The molecule has 1 amide bonds. The fourth-order valence-corrected chi connectivity index (χ4v) is 2.82. The predicted octanol–water partition coefficient (Wildman–Crippen LogP) is 4.74. The van der Waals surface area contributed by atoms with Crippen LogP contribution in [0.15, 0.2) is 53.4 Å². The van der Waals surface area contributed by atoms with Crippen molar-refractivity contribution >= 4 is 35.3 Å². The first-order chi connectivity index (χ1) is 11.5. The fourth-order valence-electron chi connectivity index (χ4n) is 2.21. The van der Waals surface area contributed by atoms with Gasteiger partial charge in [0.1, 0.15) is 5.75 Å². The number of ether oxygens (including phenoxy) is 1. The predicted molar refractivity (Wildman–Crippen MR) is 102 cm³/mol. The third kappa shape index (κ3) is 5.05. The zero-order chi connectivity index (χ0) is 17.5. The summed E-state index contributed by atoms with van der Waals surface area (Å²) >= 11 is 7.72. The maximum atomic E-state index is 12.3. The van der Waals surface area contributed by atoms with Crippen molar-refractivity contribution in [1.82, 2.24) is 4.90 Å². The molecule has 2 aromatic carbocycles.